The smallest absolute Gasteiger partial charge is 0.127 e. The summed E-state index contributed by atoms with van der Waals surface area (Å²) >= 11 is 9.48. The predicted octanol–water partition coefficient (Wildman–Crippen LogP) is 5.77. The van der Waals surface area contributed by atoms with E-state index in [0.29, 0.717) is 0 Å². The first-order valence-corrected chi connectivity index (χ1v) is 10.6. The summed E-state index contributed by atoms with van der Waals surface area (Å²) < 4.78 is 1.14. The van der Waals surface area contributed by atoms with Crippen LogP contribution in [0.15, 0.2) is 35.6 Å². The van der Waals surface area contributed by atoms with E-state index >= 15 is 0 Å². The van der Waals surface area contributed by atoms with Crippen LogP contribution in [0.1, 0.15) is 17.7 Å². The molecule has 25 heavy (non-hydrogen) atoms. The maximum atomic E-state index is 6.11. The van der Waals surface area contributed by atoms with Crippen LogP contribution in [0.25, 0.3) is 31.6 Å². The van der Waals surface area contributed by atoms with Gasteiger partial charge in [0.25, 0.3) is 0 Å². The SMILES string of the molecule is CSc1ncnc2c1sc1nc3c(c(-c4ccc(Cl)cc4)c12)CCC3. The van der Waals surface area contributed by atoms with Gasteiger partial charge in [0, 0.05) is 16.1 Å². The lowest BCUT2D eigenvalue weighted by Gasteiger charge is -2.11. The average molecular weight is 384 g/mol. The van der Waals surface area contributed by atoms with Crippen molar-refractivity contribution in [3.05, 3.63) is 46.9 Å². The summed E-state index contributed by atoms with van der Waals surface area (Å²) in [6.07, 6.45) is 7.03. The summed E-state index contributed by atoms with van der Waals surface area (Å²) in [4.78, 5) is 15.1. The van der Waals surface area contributed by atoms with Gasteiger partial charge in [-0.25, -0.2) is 15.0 Å². The Hall–Kier alpha value is -1.69. The first-order valence-electron chi connectivity index (χ1n) is 8.15. The number of pyridine rings is 1. The fraction of sp³-hybridized carbons (Fsp3) is 0.211. The van der Waals surface area contributed by atoms with Gasteiger partial charge in [-0.15, -0.1) is 23.1 Å². The Morgan fingerprint density at radius 2 is 1.96 bits per heavy atom. The molecule has 124 valence electrons. The molecule has 0 amide bonds. The van der Waals surface area contributed by atoms with E-state index in [9.17, 15) is 0 Å². The molecule has 1 aliphatic carbocycles. The molecule has 0 spiro atoms. The number of hydrogen-bond acceptors (Lipinski definition) is 5. The molecule has 5 rings (SSSR count). The van der Waals surface area contributed by atoms with E-state index in [1.165, 1.54) is 34.2 Å². The molecule has 1 aromatic carbocycles. The number of fused-ring (bicyclic) bond motifs is 4. The van der Waals surface area contributed by atoms with Gasteiger partial charge < -0.3 is 0 Å². The number of thiophene rings is 1. The number of hydrogen-bond donors (Lipinski definition) is 0. The molecule has 0 N–H and O–H groups in total. The molecular weight excluding hydrogens is 370 g/mol. The van der Waals surface area contributed by atoms with E-state index in [1.54, 1.807) is 29.4 Å². The van der Waals surface area contributed by atoms with E-state index < -0.39 is 0 Å². The number of nitrogens with zero attached hydrogens (tertiary/aromatic N) is 3. The summed E-state index contributed by atoms with van der Waals surface area (Å²) in [5, 5.41) is 2.95. The number of thioether (sulfide) groups is 1. The molecule has 3 nitrogen and oxygen atoms in total. The van der Waals surface area contributed by atoms with E-state index in [-0.39, 0.29) is 0 Å². The van der Waals surface area contributed by atoms with Crippen LogP contribution in [0, 0.1) is 0 Å². The average Bonchev–Trinajstić information content (AvgIpc) is 3.24. The summed E-state index contributed by atoms with van der Waals surface area (Å²) in [5.74, 6) is 0. The van der Waals surface area contributed by atoms with Crippen molar-refractivity contribution in [2.45, 2.75) is 24.3 Å². The van der Waals surface area contributed by atoms with Gasteiger partial charge in [0.1, 0.15) is 16.2 Å². The number of rotatable bonds is 2. The lowest BCUT2D eigenvalue weighted by molar-refractivity contribution is 0.902. The molecule has 4 aromatic rings. The van der Waals surface area contributed by atoms with Gasteiger partial charge in [-0.05, 0) is 54.3 Å². The predicted molar refractivity (Wildman–Crippen MR) is 107 cm³/mol. The van der Waals surface area contributed by atoms with Crippen LogP contribution in [0.4, 0.5) is 0 Å². The van der Waals surface area contributed by atoms with Crippen LogP contribution in [-0.4, -0.2) is 21.2 Å². The molecular formula is C19H14ClN3S2. The topological polar surface area (TPSA) is 38.7 Å². The highest BCUT2D eigenvalue weighted by Crippen LogP contribution is 2.44. The van der Waals surface area contributed by atoms with Gasteiger partial charge >= 0.3 is 0 Å². The molecule has 0 saturated heterocycles. The van der Waals surface area contributed by atoms with Gasteiger partial charge in [0.15, 0.2) is 0 Å². The second-order valence-corrected chi connectivity index (χ2v) is 8.35. The minimum absolute atomic E-state index is 0.757. The second kappa shape index (κ2) is 5.94. The lowest BCUT2D eigenvalue weighted by atomic mass is 9.96. The highest BCUT2D eigenvalue weighted by atomic mass is 35.5. The summed E-state index contributed by atoms with van der Waals surface area (Å²) in [6.45, 7) is 0. The Kier molecular flexibility index (Phi) is 3.69. The van der Waals surface area contributed by atoms with E-state index in [1.807, 2.05) is 12.1 Å². The zero-order valence-corrected chi connectivity index (χ0v) is 15.9. The zero-order chi connectivity index (χ0) is 17.0. The Labute approximate surface area is 158 Å². The maximum absolute atomic E-state index is 6.11. The third kappa shape index (κ3) is 2.37. The van der Waals surface area contributed by atoms with Crippen molar-refractivity contribution in [2.75, 3.05) is 6.26 Å². The van der Waals surface area contributed by atoms with Gasteiger partial charge in [-0.2, -0.15) is 0 Å². The maximum Gasteiger partial charge on any atom is 0.127 e. The van der Waals surface area contributed by atoms with E-state index in [4.69, 9.17) is 16.6 Å². The van der Waals surface area contributed by atoms with Crippen LogP contribution in [0.2, 0.25) is 5.02 Å². The highest BCUT2D eigenvalue weighted by molar-refractivity contribution is 7.98. The molecule has 1 aliphatic rings. The van der Waals surface area contributed by atoms with Crippen molar-refractivity contribution >= 4 is 55.1 Å². The minimum Gasteiger partial charge on any atom is -0.242 e. The largest absolute Gasteiger partial charge is 0.242 e. The van der Waals surface area contributed by atoms with Gasteiger partial charge in [0.05, 0.1) is 10.2 Å². The molecule has 0 atom stereocenters. The summed E-state index contributed by atoms with van der Waals surface area (Å²) in [6, 6.07) is 8.13. The highest BCUT2D eigenvalue weighted by Gasteiger charge is 2.24. The van der Waals surface area contributed by atoms with Crippen molar-refractivity contribution < 1.29 is 0 Å². The Morgan fingerprint density at radius 3 is 2.76 bits per heavy atom. The van der Waals surface area contributed by atoms with Crippen LogP contribution >= 0.6 is 34.7 Å². The van der Waals surface area contributed by atoms with Gasteiger partial charge in [-0.3, -0.25) is 0 Å². The van der Waals surface area contributed by atoms with Gasteiger partial charge in [-0.1, -0.05) is 23.7 Å². The van der Waals surface area contributed by atoms with Crippen LogP contribution in [0.5, 0.6) is 0 Å². The molecule has 0 fully saturated rings. The van der Waals surface area contributed by atoms with Gasteiger partial charge in [0.2, 0.25) is 0 Å². The normalized spacial score (nSPS) is 13.7. The molecule has 0 bridgehead atoms. The van der Waals surface area contributed by atoms with E-state index in [0.717, 1.165) is 37.9 Å². The monoisotopic (exact) mass is 383 g/mol. The number of aryl methyl sites for hydroxylation is 1. The molecule has 3 aromatic heterocycles. The zero-order valence-electron chi connectivity index (χ0n) is 13.5. The first-order chi connectivity index (χ1) is 12.3. The minimum atomic E-state index is 0.757. The van der Waals surface area contributed by atoms with Crippen molar-refractivity contribution in [1.29, 1.82) is 0 Å². The van der Waals surface area contributed by atoms with Crippen molar-refractivity contribution in [3.8, 4) is 11.1 Å². The second-order valence-electron chi connectivity index (χ2n) is 6.12. The number of benzene rings is 1. The van der Waals surface area contributed by atoms with E-state index in [2.05, 4.69) is 28.4 Å². The Bertz CT molecular complexity index is 1120. The number of halogens is 1. The lowest BCUT2D eigenvalue weighted by Crippen LogP contribution is -1.94. The van der Waals surface area contributed by atoms with Crippen LogP contribution in [0.3, 0.4) is 0 Å². The van der Waals surface area contributed by atoms with Crippen LogP contribution in [-0.2, 0) is 12.8 Å². The van der Waals surface area contributed by atoms with Crippen molar-refractivity contribution in [1.82, 2.24) is 15.0 Å². The third-order valence-corrected chi connectivity index (χ3v) is 6.88. The fourth-order valence-electron chi connectivity index (χ4n) is 3.66. The van der Waals surface area contributed by atoms with Crippen molar-refractivity contribution in [3.63, 3.8) is 0 Å². The Balaban J connectivity index is 1.95. The summed E-state index contributed by atoms with van der Waals surface area (Å²) in [7, 11) is 0. The fourth-order valence-corrected chi connectivity index (χ4v) is 5.63. The molecule has 6 heteroatoms. The van der Waals surface area contributed by atoms with Crippen molar-refractivity contribution in [2.24, 2.45) is 0 Å². The molecule has 0 saturated carbocycles. The quantitative estimate of drug-likeness (QED) is 0.325. The summed E-state index contributed by atoms with van der Waals surface area (Å²) in [5.41, 5.74) is 6.11. The number of aromatic nitrogens is 3. The van der Waals surface area contributed by atoms with Crippen LogP contribution < -0.4 is 0 Å². The molecule has 0 radical (unpaired) electrons. The molecule has 0 unspecified atom stereocenters. The Morgan fingerprint density at radius 1 is 1.12 bits per heavy atom. The standard InChI is InChI=1S/C19H14ClN3S2/c1-24-19-17-16(21-9-22-19)15-14(10-5-7-11(20)8-6-10)12-3-2-4-13(12)23-18(15)25-17/h5-9H,2-4H2,1H3. The molecule has 3 heterocycles. The molecule has 0 aliphatic heterocycles. The third-order valence-electron chi connectivity index (χ3n) is 4.72. The first kappa shape index (κ1) is 15.6.